The van der Waals surface area contributed by atoms with Crippen molar-refractivity contribution in [3.8, 4) is 11.6 Å². The first kappa shape index (κ1) is 20.9. The molecule has 4 nitrogen and oxygen atoms in total. The summed E-state index contributed by atoms with van der Waals surface area (Å²) in [4.78, 5) is 10.3. The largest absolute Gasteiger partial charge is 0.439 e. The Labute approximate surface area is 179 Å². The highest BCUT2D eigenvalue weighted by molar-refractivity contribution is 5.68. The Morgan fingerprint density at radius 3 is 2.45 bits per heavy atom. The predicted molar refractivity (Wildman–Crippen MR) is 114 cm³/mol. The summed E-state index contributed by atoms with van der Waals surface area (Å²) in [5, 5.41) is 0. The zero-order valence-electron chi connectivity index (χ0n) is 17.1. The fraction of sp³-hybridized carbons (Fsp3) is 0.250. The Kier molecular flexibility index (Phi) is 5.93. The highest BCUT2D eigenvalue weighted by Crippen LogP contribution is 2.32. The van der Waals surface area contributed by atoms with E-state index >= 15 is 0 Å². The van der Waals surface area contributed by atoms with E-state index in [1.165, 1.54) is 17.2 Å². The van der Waals surface area contributed by atoms with Crippen LogP contribution in [0.2, 0.25) is 0 Å². The molecular weight excluding hydrogens is 403 g/mol. The van der Waals surface area contributed by atoms with Crippen molar-refractivity contribution in [3.05, 3.63) is 83.8 Å². The lowest BCUT2D eigenvalue weighted by molar-refractivity contribution is -0.137. The Hall–Kier alpha value is -3.35. The van der Waals surface area contributed by atoms with Crippen LogP contribution < -0.4 is 9.64 Å². The van der Waals surface area contributed by atoms with E-state index in [0.717, 1.165) is 49.4 Å². The van der Waals surface area contributed by atoms with E-state index in [2.05, 4.69) is 27.9 Å². The average Bonchev–Trinajstić information content (AvgIpc) is 2.79. The van der Waals surface area contributed by atoms with E-state index in [1.807, 2.05) is 30.5 Å². The van der Waals surface area contributed by atoms with E-state index in [1.54, 1.807) is 12.3 Å². The molecule has 3 heterocycles. The minimum absolute atomic E-state index is 0.125. The predicted octanol–water partition coefficient (Wildman–Crippen LogP) is 6.36. The second kappa shape index (κ2) is 8.79. The third-order valence-electron chi connectivity index (χ3n) is 5.46. The summed E-state index contributed by atoms with van der Waals surface area (Å²) in [7, 11) is 0. The Bertz CT molecular complexity index is 1050. The van der Waals surface area contributed by atoms with Crippen molar-refractivity contribution in [1.29, 1.82) is 0 Å². The molecule has 31 heavy (non-hydrogen) atoms. The normalized spacial score (nSPS) is 14.5. The minimum atomic E-state index is -4.42. The van der Waals surface area contributed by atoms with Gasteiger partial charge >= 0.3 is 6.18 Å². The van der Waals surface area contributed by atoms with Crippen LogP contribution in [0.3, 0.4) is 0 Å². The fourth-order valence-electron chi connectivity index (χ4n) is 3.68. The molecule has 3 aromatic rings. The molecule has 1 fully saturated rings. The van der Waals surface area contributed by atoms with Gasteiger partial charge in [0.25, 0.3) is 0 Å². The molecule has 0 N–H and O–H groups in total. The summed E-state index contributed by atoms with van der Waals surface area (Å²) in [5.41, 5.74) is 3.97. The van der Waals surface area contributed by atoms with Crippen LogP contribution >= 0.6 is 0 Å². The van der Waals surface area contributed by atoms with Crippen LogP contribution in [0.15, 0.2) is 72.7 Å². The van der Waals surface area contributed by atoms with Gasteiger partial charge in [0, 0.05) is 31.5 Å². The Morgan fingerprint density at radius 2 is 1.81 bits per heavy atom. The van der Waals surface area contributed by atoms with E-state index in [4.69, 9.17) is 4.74 Å². The number of aromatic nitrogens is 2. The number of halogens is 3. The number of hydrogen-bond acceptors (Lipinski definition) is 4. The average molecular weight is 425 g/mol. The molecule has 0 amide bonds. The molecule has 1 aliphatic heterocycles. The second-order valence-electron chi connectivity index (χ2n) is 7.44. The van der Waals surface area contributed by atoms with Gasteiger partial charge < -0.3 is 9.64 Å². The molecule has 1 saturated heterocycles. The molecule has 4 rings (SSSR count). The molecule has 0 bridgehead atoms. The molecule has 1 aromatic carbocycles. The molecule has 1 aliphatic rings. The van der Waals surface area contributed by atoms with Crippen LogP contribution in [0.4, 0.5) is 18.9 Å². The maximum absolute atomic E-state index is 12.7. The number of hydrogen-bond donors (Lipinski definition) is 0. The van der Waals surface area contributed by atoms with E-state index in [-0.39, 0.29) is 5.88 Å². The summed E-state index contributed by atoms with van der Waals surface area (Å²) in [5.74, 6) is 0.665. The van der Waals surface area contributed by atoms with Crippen LogP contribution in [0, 0.1) is 0 Å². The van der Waals surface area contributed by atoms with Crippen LogP contribution in [0.5, 0.6) is 11.6 Å². The number of alkyl halides is 3. The maximum Gasteiger partial charge on any atom is 0.417 e. The zero-order valence-corrected chi connectivity index (χ0v) is 17.1. The molecule has 0 spiro atoms. The number of allylic oxidation sites excluding steroid dienone is 1. The number of benzene rings is 1. The molecule has 0 aliphatic carbocycles. The monoisotopic (exact) mass is 425 g/mol. The lowest BCUT2D eigenvalue weighted by Crippen LogP contribution is -2.30. The van der Waals surface area contributed by atoms with E-state index in [9.17, 15) is 13.2 Å². The van der Waals surface area contributed by atoms with Gasteiger partial charge in [0.2, 0.25) is 5.88 Å². The van der Waals surface area contributed by atoms with Crippen molar-refractivity contribution in [1.82, 2.24) is 9.97 Å². The quantitative estimate of drug-likeness (QED) is 0.487. The first-order valence-electron chi connectivity index (χ1n) is 10.1. The summed E-state index contributed by atoms with van der Waals surface area (Å²) in [6, 6.07) is 13.8. The van der Waals surface area contributed by atoms with Crippen molar-refractivity contribution in [2.45, 2.75) is 25.9 Å². The third kappa shape index (κ3) is 5.05. The van der Waals surface area contributed by atoms with Crippen LogP contribution in [0.25, 0.3) is 5.57 Å². The number of pyridine rings is 2. The van der Waals surface area contributed by atoms with Crippen LogP contribution in [0.1, 0.15) is 30.9 Å². The summed E-state index contributed by atoms with van der Waals surface area (Å²) in [6.07, 6.45) is 1.96. The summed E-state index contributed by atoms with van der Waals surface area (Å²) in [6.45, 7) is 3.97. The Balaban J connectivity index is 1.45. The first-order chi connectivity index (χ1) is 14.9. The van der Waals surface area contributed by atoms with Gasteiger partial charge in [0.05, 0.1) is 17.4 Å². The standard InChI is InChI=1S/C24H22F3N3O/c1-17(18-9-12-30(13-10-18)21-5-3-11-28-16-21)19-4-2-6-22(14-19)31-23-8-7-20(15-29-23)24(25,26)27/h2-8,11,14-16H,9-10,12-13H2,1H3. The summed E-state index contributed by atoms with van der Waals surface area (Å²) >= 11 is 0. The van der Waals surface area contributed by atoms with Crippen LogP contribution in [-0.4, -0.2) is 23.1 Å². The number of ether oxygens (including phenoxy) is 1. The van der Waals surface area contributed by atoms with Gasteiger partial charge in [-0.25, -0.2) is 4.98 Å². The van der Waals surface area contributed by atoms with Gasteiger partial charge in [-0.05, 0) is 61.2 Å². The summed E-state index contributed by atoms with van der Waals surface area (Å²) < 4.78 is 43.8. The van der Waals surface area contributed by atoms with Gasteiger partial charge in [0.1, 0.15) is 5.75 Å². The second-order valence-corrected chi connectivity index (χ2v) is 7.44. The molecule has 2 aromatic heterocycles. The number of piperidine rings is 1. The fourth-order valence-corrected chi connectivity index (χ4v) is 3.68. The van der Waals surface area contributed by atoms with Gasteiger partial charge in [0.15, 0.2) is 0 Å². The van der Waals surface area contributed by atoms with E-state index in [0.29, 0.717) is 5.75 Å². The van der Waals surface area contributed by atoms with Gasteiger partial charge in [-0.1, -0.05) is 17.7 Å². The van der Waals surface area contributed by atoms with Crippen molar-refractivity contribution in [3.63, 3.8) is 0 Å². The first-order valence-corrected chi connectivity index (χ1v) is 10.1. The number of rotatable bonds is 4. The molecular formula is C24H22F3N3O. The third-order valence-corrected chi connectivity index (χ3v) is 5.46. The van der Waals surface area contributed by atoms with Crippen LogP contribution in [-0.2, 0) is 6.18 Å². The molecule has 0 unspecified atom stereocenters. The van der Waals surface area contributed by atoms with Gasteiger partial charge in [-0.2, -0.15) is 13.2 Å². The number of nitrogens with zero attached hydrogens (tertiary/aromatic N) is 3. The molecule has 7 heteroatoms. The van der Waals surface area contributed by atoms with Crippen molar-refractivity contribution in [2.24, 2.45) is 0 Å². The molecule has 0 radical (unpaired) electrons. The SMILES string of the molecule is CC(=C1CCN(c2cccnc2)CC1)c1cccc(Oc2ccc(C(F)(F)F)cn2)c1. The highest BCUT2D eigenvalue weighted by Gasteiger charge is 2.30. The minimum Gasteiger partial charge on any atom is -0.439 e. The van der Waals surface area contributed by atoms with Gasteiger partial charge in [-0.15, -0.1) is 0 Å². The van der Waals surface area contributed by atoms with Crippen molar-refractivity contribution in [2.75, 3.05) is 18.0 Å². The van der Waals surface area contributed by atoms with E-state index < -0.39 is 11.7 Å². The highest BCUT2D eigenvalue weighted by atomic mass is 19.4. The topological polar surface area (TPSA) is 38.2 Å². The lowest BCUT2D eigenvalue weighted by Gasteiger charge is -2.31. The molecule has 160 valence electrons. The smallest absolute Gasteiger partial charge is 0.417 e. The lowest BCUT2D eigenvalue weighted by atomic mass is 9.94. The van der Waals surface area contributed by atoms with Gasteiger partial charge in [-0.3, -0.25) is 4.98 Å². The Morgan fingerprint density at radius 1 is 1.00 bits per heavy atom. The maximum atomic E-state index is 12.7. The van der Waals surface area contributed by atoms with Crippen molar-refractivity contribution < 1.29 is 17.9 Å². The molecule has 0 atom stereocenters. The van der Waals surface area contributed by atoms with Crippen molar-refractivity contribution >= 4 is 11.3 Å². The molecule has 0 saturated carbocycles. The number of anilines is 1. The zero-order chi connectivity index (χ0) is 21.8.